The molecule has 1 unspecified atom stereocenters. The number of methoxy groups -OCH3 is 1. The van der Waals surface area contributed by atoms with Gasteiger partial charge in [-0.15, -0.1) is 11.8 Å². The third-order valence-corrected chi connectivity index (χ3v) is 4.99. The summed E-state index contributed by atoms with van der Waals surface area (Å²) < 4.78 is 4.73. The number of carbonyl (C=O) groups excluding carboxylic acids is 2. The predicted octanol–water partition coefficient (Wildman–Crippen LogP) is 3.90. The maximum absolute atomic E-state index is 12.2. The summed E-state index contributed by atoms with van der Waals surface area (Å²) in [5, 5.41) is 5.36. The Kier molecular flexibility index (Phi) is 6.52. The third kappa shape index (κ3) is 4.42. The smallest absolute Gasteiger partial charge is 0.328 e. The zero-order valence-electron chi connectivity index (χ0n) is 13.8. The van der Waals surface area contributed by atoms with Gasteiger partial charge in [-0.05, 0) is 23.4 Å². The van der Waals surface area contributed by atoms with Gasteiger partial charge >= 0.3 is 5.97 Å². The Morgan fingerprint density at radius 2 is 1.88 bits per heavy atom. The van der Waals surface area contributed by atoms with Gasteiger partial charge in [-0.25, -0.2) is 4.79 Å². The summed E-state index contributed by atoms with van der Waals surface area (Å²) in [5.41, 5.74) is 0. The molecule has 6 heteroatoms. The first-order chi connectivity index (χ1) is 11.4. The minimum atomic E-state index is -0.640. The summed E-state index contributed by atoms with van der Waals surface area (Å²) in [4.78, 5) is 24.9. The molecule has 0 saturated heterocycles. The summed E-state index contributed by atoms with van der Waals surface area (Å²) in [7, 11) is 1.32. The Balaban J connectivity index is 2.08. The lowest BCUT2D eigenvalue weighted by molar-refractivity contribution is -0.146. The number of carbonyl (C=O) groups is 2. The predicted molar refractivity (Wildman–Crippen MR) is 98.5 cm³/mol. The van der Waals surface area contributed by atoms with Crippen LogP contribution in [0.25, 0.3) is 10.8 Å². The Morgan fingerprint density at radius 3 is 2.50 bits per heavy atom. The Morgan fingerprint density at radius 1 is 1.21 bits per heavy atom. The molecule has 0 aliphatic rings. The summed E-state index contributed by atoms with van der Waals surface area (Å²) in [5.74, 6) is -0.493. The lowest BCUT2D eigenvalue weighted by Gasteiger charge is -2.19. The van der Waals surface area contributed by atoms with Crippen molar-refractivity contribution in [2.75, 3.05) is 12.9 Å². The second kappa shape index (κ2) is 8.40. The molecule has 0 radical (unpaired) electrons. The molecular weight excluding hydrogens is 346 g/mol. The van der Waals surface area contributed by atoms with Crippen LogP contribution in [0.2, 0.25) is 5.02 Å². The van der Waals surface area contributed by atoms with Crippen LogP contribution < -0.4 is 5.32 Å². The van der Waals surface area contributed by atoms with E-state index >= 15 is 0 Å². The van der Waals surface area contributed by atoms with Crippen molar-refractivity contribution in [1.29, 1.82) is 0 Å². The number of hydrogen-bond donors (Lipinski definition) is 1. The van der Waals surface area contributed by atoms with Gasteiger partial charge < -0.3 is 10.1 Å². The zero-order valence-corrected chi connectivity index (χ0v) is 15.4. The minimum Gasteiger partial charge on any atom is -0.467 e. The van der Waals surface area contributed by atoms with Gasteiger partial charge in [0.15, 0.2) is 0 Å². The molecule has 4 nitrogen and oxygen atoms in total. The zero-order chi connectivity index (χ0) is 17.7. The number of esters is 1. The first-order valence-electron chi connectivity index (χ1n) is 7.61. The van der Waals surface area contributed by atoms with Gasteiger partial charge in [0.05, 0.1) is 12.9 Å². The van der Waals surface area contributed by atoms with Crippen LogP contribution in [0.5, 0.6) is 0 Å². The van der Waals surface area contributed by atoms with Crippen molar-refractivity contribution in [2.45, 2.75) is 24.8 Å². The van der Waals surface area contributed by atoms with E-state index in [0.717, 1.165) is 15.7 Å². The molecule has 2 aromatic carbocycles. The number of nitrogens with one attached hydrogen (secondary N) is 1. The van der Waals surface area contributed by atoms with E-state index in [4.69, 9.17) is 16.3 Å². The first kappa shape index (κ1) is 18.6. The number of benzene rings is 2. The largest absolute Gasteiger partial charge is 0.467 e. The van der Waals surface area contributed by atoms with Crippen LogP contribution in [0.1, 0.15) is 13.8 Å². The molecule has 24 heavy (non-hydrogen) atoms. The number of hydrogen-bond acceptors (Lipinski definition) is 4. The Bertz CT molecular complexity index is 743. The summed E-state index contributed by atoms with van der Waals surface area (Å²) in [6.07, 6.45) is 0. The lowest BCUT2D eigenvalue weighted by atomic mass is 10.1. The van der Waals surface area contributed by atoms with Crippen LogP contribution in [0.3, 0.4) is 0 Å². The van der Waals surface area contributed by atoms with Gasteiger partial charge in [0.25, 0.3) is 0 Å². The van der Waals surface area contributed by atoms with E-state index in [2.05, 4.69) is 5.32 Å². The Labute approximate surface area is 150 Å². The molecule has 1 N–H and O–H groups in total. The first-order valence-corrected chi connectivity index (χ1v) is 8.97. The molecule has 1 amide bonds. The molecule has 128 valence electrons. The normalized spacial score (nSPS) is 12.2. The quantitative estimate of drug-likeness (QED) is 0.623. The van der Waals surface area contributed by atoms with Crippen molar-refractivity contribution in [3.05, 3.63) is 41.4 Å². The fraction of sp³-hybridized carbons (Fsp3) is 0.333. The summed E-state index contributed by atoms with van der Waals surface area (Å²) >= 11 is 7.69. The monoisotopic (exact) mass is 365 g/mol. The van der Waals surface area contributed by atoms with E-state index in [-0.39, 0.29) is 17.6 Å². The molecule has 0 heterocycles. The van der Waals surface area contributed by atoms with E-state index in [9.17, 15) is 9.59 Å². The maximum Gasteiger partial charge on any atom is 0.328 e. The molecule has 0 bridgehead atoms. The molecule has 0 aromatic heterocycles. The SMILES string of the molecule is COC(=O)C(NC(=O)CSc1cccc2cccc(Cl)c12)C(C)C. The molecular formula is C18H20ClNO3S. The van der Waals surface area contributed by atoms with Gasteiger partial charge in [0, 0.05) is 15.3 Å². The van der Waals surface area contributed by atoms with Crippen molar-refractivity contribution in [1.82, 2.24) is 5.32 Å². The summed E-state index contributed by atoms with van der Waals surface area (Å²) in [6, 6.07) is 10.9. The fourth-order valence-corrected chi connectivity index (χ4v) is 3.62. The molecule has 2 rings (SSSR count). The fourth-order valence-electron chi connectivity index (χ4n) is 2.37. The van der Waals surface area contributed by atoms with Crippen molar-refractivity contribution < 1.29 is 14.3 Å². The highest BCUT2D eigenvalue weighted by Gasteiger charge is 2.24. The Hall–Kier alpha value is -1.72. The van der Waals surface area contributed by atoms with Gasteiger partial charge in [-0.3, -0.25) is 4.79 Å². The second-order valence-electron chi connectivity index (χ2n) is 5.70. The number of thioether (sulfide) groups is 1. The second-order valence-corrected chi connectivity index (χ2v) is 7.12. The van der Waals surface area contributed by atoms with Crippen LogP contribution in [-0.2, 0) is 14.3 Å². The van der Waals surface area contributed by atoms with Crippen molar-refractivity contribution in [2.24, 2.45) is 5.92 Å². The van der Waals surface area contributed by atoms with Crippen LogP contribution in [0, 0.1) is 5.92 Å². The van der Waals surface area contributed by atoms with E-state index in [0.29, 0.717) is 5.02 Å². The third-order valence-electron chi connectivity index (χ3n) is 3.61. The van der Waals surface area contributed by atoms with Crippen LogP contribution in [0.4, 0.5) is 0 Å². The standard InChI is InChI=1S/C18H20ClNO3S/c1-11(2)17(18(22)23-3)20-15(21)10-24-14-9-5-7-12-6-4-8-13(19)16(12)14/h4-9,11,17H,10H2,1-3H3,(H,20,21). The highest BCUT2D eigenvalue weighted by molar-refractivity contribution is 8.00. The molecule has 1 atom stereocenters. The van der Waals surface area contributed by atoms with Crippen LogP contribution in [-0.4, -0.2) is 30.8 Å². The topological polar surface area (TPSA) is 55.4 Å². The van der Waals surface area contributed by atoms with Crippen molar-refractivity contribution in [3.8, 4) is 0 Å². The van der Waals surface area contributed by atoms with E-state index in [1.54, 1.807) is 0 Å². The summed E-state index contributed by atoms with van der Waals surface area (Å²) in [6.45, 7) is 3.72. The molecule has 0 aliphatic carbocycles. The number of halogens is 1. The molecule has 0 spiro atoms. The van der Waals surface area contributed by atoms with Crippen LogP contribution in [0.15, 0.2) is 41.3 Å². The molecule has 0 saturated carbocycles. The maximum atomic E-state index is 12.2. The highest BCUT2D eigenvalue weighted by atomic mass is 35.5. The molecule has 0 aliphatic heterocycles. The van der Waals surface area contributed by atoms with E-state index in [1.165, 1.54) is 18.9 Å². The highest BCUT2D eigenvalue weighted by Crippen LogP contribution is 2.33. The number of amides is 1. The van der Waals surface area contributed by atoms with Crippen molar-refractivity contribution >= 4 is 46.0 Å². The van der Waals surface area contributed by atoms with Gasteiger partial charge in [-0.1, -0.05) is 49.7 Å². The lowest BCUT2D eigenvalue weighted by Crippen LogP contribution is -2.45. The molecule has 0 fully saturated rings. The molecule has 2 aromatic rings. The number of rotatable bonds is 6. The van der Waals surface area contributed by atoms with E-state index < -0.39 is 12.0 Å². The van der Waals surface area contributed by atoms with Gasteiger partial charge in [-0.2, -0.15) is 0 Å². The number of ether oxygens (including phenoxy) is 1. The van der Waals surface area contributed by atoms with Gasteiger partial charge in [0.2, 0.25) is 5.91 Å². The van der Waals surface area contributed by atoms with Crippen LogP contribution >= 0.6 is 23.4 Å². The van der Waals surface area contributed by atoms with Crippen molar-refractivity contribution in [3.63, 3.8) is 0 Å². The number of fused-ring (bicyclic) bond motifs is 1. The van der Waals surface area contributed by atoms with E-state index in [1.807, 2.05) is 50.2 Å². The average molecular weight is 366 g/mol. The average Bonchev–Trinajstić information content (AvgIpc) is 2.57. The van der Waals surface area contributed by atoms with Gasteiger partial charge in [0.1, 0.15) is 6.04 Å². The minimum absolute atomic E-state index is 0.0431.